The van der Waals surface area contributed by atoms with E-state index in [0.29, 0.717) is 49.6 Å². The van der Waals surface area contributed by atoms with Gasteiger partial charge in [-0.3, -0.25) is 4.98 Å². The molecule has 2 aliphatic heterocycles. The average Bonchev–Trinajstić information content (AvgIpc) is 3.42. The fourth-order valence-electron chi connectivity index (χ4n) is 6.77. The van der Waals surface area contributed by atoms with Crippen LogP contribution in [0.1, 0.15) is 42.6 Å². The van der Waals surface area contributed by atoms with Crippen LogP contribution in [0.5, 0.6) is 0 Å². The minimum absolute atomic E-state index is 0.0722. The fraction of sp³-hybridized carbons (Fsp3) is 0.438. The third kappa shape index (κ3) is 5.71. The van der Waals surface area contributed by atoms with Gasteiger partial charge in [-0.2, -0.15) is 5.10 Å². The van der Waals surface area contributed by atoms with Crippen LogP contribution in [0.15, 0.2) is 48.9 Å². The number of hydrogen-bond donors (Lipinski definition) is 1. The molecule has 4 aromatic rings. The van der Waals surface area contributed by atoms with E-state index in [1.165, 1.54) is 19.2 Å². The molecule has 2 fully saturated rings. The lowest BCUT2D eigenvalue weighted by Crippen LogP contribution is -2.62. The topological polar surface area (TPSA) is 111 Å². The Morgan fingerprint density at radius 3 is 2.59 bits per heavy atom. The summed E-state index contributed by atoms with van der Waals surface area (Å²) in [5, 5.41) is 4.64. The summed E-state index contributed by atoms with van der Waals surface area (Å²) in [6, 6.07) is 7.70. The first kappa shape index (κ1) is 29.9. The number of nitrogens with zero attached hydrogens (tertiary/aromatic N) is 6. The van der Waals surface area contributed by atoms with Gasteiger partial charge >= 0.3 is 6.09 Å². The Balaban J connectivity index is 1.27. The smallest absolute Gasteiger partial charge is 0.409 e. The monoisotopic (exact) mass is 605 g/mol. The standard InChI is InChI=1S/C32H37F2N7O3/c1-19-17-40(18-26(35)31(19)39(2)32(42)43-3)28-6-9-36-15-22(28)14-29-37-16-23-4-5-27(38-41(23)29)30-24(33)12-21(13-25(30)34)20-7-10-44-11-8-20/h4-6,9,12-13,15-16,19-20,26,31H,7-8,10-11,14,17-18,35H2,1-3H3/t19-,26+,31-/m0/s1. The minimum Gasteiger partial charge on any atom is -0.453 e. The number of nitrogens with two attached hydrogens (primary N) is 1. The Bertz CT molecular complexity index is 1620. The van der Waals surface area contributed by atoms with Crippen molar-refractivity contribution < 1.29 is 23.0 Å². The lowest BCUT2D eigenvalue weighted by molar-refractivity contribution is 0.0852. The predicted molar refractivity (Wildman–Crippen MR) is 161 cm³/mol. The van der Waals surface area contributed by atoms with Crippen LogP contribution < -0.4 is 10.6 Å². The third-order valence-corrected chi connectivity index (χ3v) is 8.91. The van der Waals surface area contributed by atoms with Gasteiger partial charge in [-0.1, -0.05) is 6.92 Å². The largest absolute Gasteiger partial charge is 0.453 e. The lowest BCUT2D eigenvalue weighted by atomic mass is 9.88. The molecule has 44 heavy (non-hydrogen) atoms. The van der Waals surface area contributed by atoms with E-state index >= 15 is 8.78 Å². The van der Waals surface area contributed by atoms with E-state index in [-0.39, 0.29) is 35.2 Å². The normalized spacial score (nSPS) is 21.0. The number of halogens is 2. The van der Waals surface area contributed by atoms with E-state index in [1.54, 1.807) is 47.2 Å². The molecule has 2 N–H and O–H groups in total. The quantitative estimate of drug-likeness (QED) is 0.344. The number of benzene rings is 1. The number of imidazole rings is 1. The molecule has 6 rings (SSSR count). The molecule has 12 heteroatoms. The Morgan fingerprint density at radius 1 is 1.14 bits per heavy atom. The highest BCUT2D eigenvalue weighted by molar-refractivity contribution is 5.68. The highest BCUT2D eigenvalue weighted by Crippen LogP contribution is 2.33. The number of fused-ring (bicyclic) bond motifs is 1. The van der Waals surface area contributed by atoms with Crippen LogP contribution in [-0.2, 0) is 15.9 Å². The second-order valence-corrected chi connectivity index (χ2v) is 11.8. The predicted octanol–water partition coefficient (Wildman–Crippen LogP) is 4.40. The van der Waals surface area contributed by atoms with E-state index in [0.717, 1.165) is 24.1 Å². The summed E-state index contributed by atoms with van der Waals surface area (Å²) in [4.78, 5) is 24.9. The molecule has 5 heterocycles. The van der Waals surface area contributed by atoms with Gasteiger partial charge in [0.2, 0.25) is 0 Å². The van der Waals surface area contributed by atoms with Gasteiger partial charge in [-0.15, -0.1) is 0 Å². The van der Waals surface area contributed by atoms with Crippen LogP contribution in [-0.4, -0.2) is 83.1 Å². The number of aromatic nitrogens is 4. The van der Waals surface area contributed by atoms with Crippen LogP contribution in [0.3, 0.4) is 0 Å². The van der Waals surface area contributed by atoms with Crippen LogP contribution in [0.2, 0.25) is 0 Å². The van der Waals surface area contributed by atoms with E-state index in [4.69, 9.17) is 15.2 Å². The number of methoxy groups -OCH3 is 1. The molecule has 3 atom stereocenters. The molecule has 10 nitrogen and oxygen atoms in total. The van der Waals surface area contributed by atoms with Gasteiger partial charge in [0, 0.05) is 69.5 Å². The number of ether oxygens (including phenoxy) is 2. The van der Waals surface area contributed by atoms with Gasteiger partial charge in [-0.05, 0) is 60.6 Å². The number of piperidine rings is 1. The van der Waals surface area contributed by atoms with Crippen molar-refractivity contribution >= 4 is 17.3 Å². The zero-order chi connectivity index (χ0) is 31.0. The summed E-state index contributed by atoms with van der Waals surface area (Å²) >= 11 is 0. The minimum atomic E-state index is -0.638. The Kier molecular flexibility index (Phi) is 8.46. The second-order valence-electron chi connectivity index (χ2n) is 11.8. The molecule has 0 aliphatic carbocycles. The maximum Gasteiger partial charge on any atom is 0.409 e. The molecule has 0 spiro atoms. The highest BCUT2D eigenvalue weighted by Gasteiger charge is 2.38. The van der Waals surface area contributed by atoms with Crippen molar-refractivity contribution in [1.29, 1.82) is 0 Å². The van der Waals surface area contributed by atoms with E-state index in [1.807, 2.05) is 6.07 Å². The molecule has 0 unspecified atom stereocenters. The van der Waals surface area contributed by atoms with Gasteiger partial charge in [0.25, 0.3) is 0 Å². The van der Waals surface area contributed by atoms with Gasteiger partial charge < -0.3 is 25.0 Å². The molecule has 2 saturated heterocycles. The van der Waals surface area contributed by atoms with Gasteiger partial charge in [0.1, 0.15) is 17.5 Å². The molecule has 1 amide bonds. The van der Waals surface area contributed by atoms with Crippen molar-refractivity contribution in [3.05, 3.63) is 77.5 Å². The first-order chi connectivity index (χ1) is 21.2. The summed E-state index contributed by atoms with van der Waals surface area (Å²) in [5.41, 5.74) is 9.84. The Morgan fingerprint density at radius 2 is 1.89 bits per heavy atom. The molecule has 0 bridgehead atoms. The summed E-state index contributed by atoms with van der Waals surface area (Å²) < 4.78 is 42.7. The van der Waals surface area contributed by atoms with E-state index < -0.39 is 17.7 Å². The molecule has 2 aliphatic rings. The number of carbonyl (C=O) groups is 1. The van der Waals surface area contributed by atoms with Crippen molar-refractivity contribution in [3.63, 3.8) is 0 Å². The van der Waals surface area contributed by atoms with Gasteiger partial charge in [-0.25, -0.2) is 23.1 Å². The summed E-state index contributed by atoms with van der Waals surface area (Å²) in [7, 11) is 3.07. The van der Waals surface area contributed by atoms with Crippen molar-refractivity contribution in [1.82, 2.24) is 24.5 Å². The molecule has 0 radical (unpaired) electrons. The molecule has 1 aromatic carbocycles. The molecular formula is C32H37F2N7O3. The Hall–Kier alpha value is -4.16. The number of rotatable bonds is 6. The summed E-state index contributed by atoms with van der Waals surface area (Å²) in [6.07, 6.45) is 6.66. The number of amides is 1. The molecule has 0 saturated carbocycles. The zero-order valence-corrected chi connectivity index (χ0v) is 25.1. The second kappa shape index (κ2) is 12.4. The van der Waals surface area contributed by atoms with E-state index in [2.05, 4.69) is 26.9 Å². The zero-order valence-electron chi connectivity index (χ0n) is 25.1. The van der Waals surface area contributed by atoms with Crippen molar-refractivity contribution in [2.75, 3.05) is 45.4 Å². The highest BCUT2D eigenvalue weighted by atomic mass is 19.1. The van der Waals surface area contributed by atoms with Gasteiger partial charge in [0.15, 0.2) is 0 Å². The molecule has 232 valence electrons. The summed E-state index contributed by atoms with van der Waals surface area (Å²) in [5.74, 6) is -0.526. The first-order valence-electron chi connectivity index (χ1n) is 14.9. The number of anilines is 1. The van der Waals surface area contributed by atoms with Crippen LogP contribution in [0.4, 0.5) is 19.3 Å². The summed E-state index contributed by atoms with van der Waals surface area (Å²) in [6.45, 7) is 4.45. The van der Waals surface area contributed by atoms with Crippen molar-refractivity contribution in [3.8, 4) is 11.3 Å². The van der Waals surface area contributed by atoms with Crippen LogP contribution in [0.25, 0.3) is 16.8 Å². The maximum absolute atomic E-state index is 15.4. The number of hydrogen-bond acceptors (Lipinski definition) is 8. The van der Waals surface area contributed by atoms with E-state index in [9.17, 15) is 4.79 Å². The van der Waals surface area contributed by atoms with Crippen LogP contribution >= 0.6 is 0 Å². The third-order valence-electron chi connectivity index (χ3n) is 8.91. The lowest BCUT2D eigenvalue weighted by Gasteiger charge is -2.45. The average molecular weight is 606 g/mol. The molecule has 3 aromatic heterocycles. The number of carbonyl (C=O) groups excluding carboxylic acids is 1. The fourth-order valence-corrected chi connectivity index (χ4v) is 6.77. The first-order valence-corrected chi connectivity index (χ1v) is 14.9. The number of likely N-dealkylation sites (N-methyl/N-ethyl adjacent to an activating group) is 1. The maximum atomic E-state index is 15.4. The van der Waals surface area contributed by atoms with Crippen LogP contribution in [0, 0.1) is 17.6 Å². The SMILES string of the molecule is COC(=O)N(C)[C@@H]1[C@H](N)CN(c2ccncc2Cc2ncc3ccc(-c4c(F)cc(C5CCOCC5)cc4F)nn23)C[C@@H]1C. The molecular weight excluding hydrogens is 568 g/mol. The Labute approximate surface area is 254 Å². The number of pyridine rings is 1. The van der Waals surface area contributed by atoms with Gasteiger partial charge in [0.05, 0.1) is 36.1 Å². The van der Waals surface area contributed by atoms with Crippen molar-refractivity contribution in [2.24, 2.45) is 11.7 Å². The van der Waals surface area contributed by atoms with Crippen molar-refractivity contribution in [2.45, 2.75) is 44.2 Å².